The zero-order valence-electron chi connectivity index (χ0n) is 16.1. The summed E-state index contributed by atoms with van der Waals surface area (Å²) in [6.45, 7) is 2.55. The lowest BCUT2D eigenvalue weighted by molar-refractivity contribution is 0.0600. The molecule has 0 saturated carbocycles. The summed E-state index contributed by atoms with van der Waals surface area (Å²) >= 11 is 0. The van der Waals surface area contributed by atoms with Gasteiger partial charge in [-0.3, -0.25) is 4.79 Å². The molecule has 0 aliphatic heterocycles. The van der Waals surface area contributed by atoms with Crippen molar-refractivity contribution in [3.05, 3.63) is 78.0 Å². The molecule has 29 heavy (non-hydrogen) atoms. The molecule has 0 aliphatic rings. The number of carbonyl (C=O) groups is 2. The standard InChI is InChI=1S/C22H21N3O4/c1-3-29-19-11-9-17(10-12-19)24-20-13-6-16(14-23-20)21(26)25-18-7-4-15(5-8-18)22(27)28-2/h4-14H,3H2,1-2H3,(H,23,24)(H,25,26). The second-order valence-corrected chi connectivity index (χ2v) is 6.04. The van der Waals surface area contributed by atoms with Gasteiger partial charge in [0.2, 0.25) is 0 Å². The number of benzene rings is 2. The topological polar surface area (TPSA) is 89.6 Å². The molecule has 1 aromatic heterocycles. The van der Waals surface area contributed by atoms with Crippen molar-refractivity contribution >= 4 is 29.1 Å². The van der Waals surface area contributed by atoms with E-state index < -0.39 is 5.97 Å². The summed E-state index contributed by atoms with van der Waals surface area (Å²) < 4.78 is 10.1. The first-order valence-corrected chi connectivity index (χ1v) is 9.04. The highest BCUT2D eigenvalue weighted by atomic mass is 16.5. The van der Waals surface area contributed by atoms with Crippen LogP contribution in [0.2, 0.25) is 0 Å². The molecule has 0 bridgehead atoms. The highest BCUT2D eigenvalue weighted by molar-refractivity contribution is 6.04. The molecule has 0 radical (unpaired) electrons. The van der Waals surface area contributed by atoms with Crippen LogP contribution in [0.1, 0.15) is 27.6 Å². The fourth-order valence-electron chi connectivity index (χ4n) is 2.56. The van der Waals surface area contributed by atoms with Crippen molar-refractivity contribution in [2.45, 2.75) is 6.92 Å². The highest BCUT2D eigenvalue weighted by Gasteiger charge is 2.09. The lowest BCUT2D eigenvalue weighted by atomic mass is 10.2. The summed E-state index contributed by atoms with van der Waals surface area (Å²) in [6.07, 6.45) is 1.50. The molecular formula is C22H21N3O4. The van der Waals surface area contributed by atoms with Gasteiger partial charge in [0.25, 0.3) is 5.91 Å². The maximum absolute atomic E-state index is 12.4. The van der Waals surface area contributed by atoms with E-state index in [9.17, 15) is 9.59 Å². The van der Waals surface area contributed by atoms with Gasteiger partial charge in [-0.1, -0.05) is 0 Å². The van der Waals surface area contributed by atoms with Crippen LogP contribution in [0.3, 0.4) is 0 Å². The van der Waals surface area contributed by atoms with Gasteiger partial charge < -0.3 is 20.1 Å². The Labute approximate surface area is 168 Å². The highest BCUT2D eigenvalue weighted by Crippen LogP contribution is 2.19. The average molecular weight is 391 g/mol. The third-order valence-corrected chi connectivity index (χ3v) is 4.03. The largest absolute Gasteiger partial charge is 0.494 e. The van der Waals surface area contributed by atoms with E-state index in [2.05, 4.69) is 20.4 Å². The minimum Gasteiger partial charge on any atom is -0.494 e. The zero-order valence-corrected chi connectivity index (χ0v) is 16.1. The van der Waals surface area contributed by atoms with E-state index in [4.69, 9.17) is 4.74 Å². The summed E-state index contributed by atoms with van der Waals surface area (Å²) in [5.41, 5.74) is 2.26. The fraction of sp³-hybridized carbons (Fsp3) is 0.136. The molecule has 0 saturated heterocycles. The average Bonchev–Trinajstić information content (AvgIpc) is 2.76. The monoisotopic (exact) mass is 391 g/mol. The van der Waals surface area contributed by atoms with Gasteiger partial charge in [-0.05, 0) is 67.6 Å². The van der Waals surface area contributed by atoms with E-state index >= 15 is 0 Å². The maximum Gasteiger partial charge on any atom is 0.337 e. The van der Waals surface area contributed by atoms with E-state index in [-0.39, 0.29) is 5.91 Å². The zero-order chi connectivity index (χ0) is 20.6. The smallest absolute Gasteiger partial charge is 0.337 e. The number of nitrogens with one attached hydrogen (secondary N) is 2. The first kappa shape index (κ1) is 19.9. The van der Waals surface area contributed by atoms with Crippen LogP contribution in [0.25, 0.3) is 0 Å². The van der Waals surface area contributed by atoms with Crippen molar-refractivity contribution in [3.8, 4) is 5.75 Å². The fourth-order valence-corrected chi connectivity index (χ4v) is 2.56. The van der Waals surface area contributed by atoms with Crippen molar-refractivity contribution in [2.75, 3.05) is 24.4 Å². The van der Waals surface area contributed by atoms with E-state index in [1.165, 1.54) is 13.3 Å². The van der Waals surface area contributed by atoms with Crippen LogP contribution in [0, 0.1) is 0 Å². The molecule has 0 fully saturated rings. The number of amides is 1. The number of hydrogen-bond donors (Lipinski definition) is 2. The quantitative estimate of drug-likeness (QED) is 0.585. The summed E-state index contributed by atoms with van der Waals surface area (Å²) in [5, 5.41) is 5.93. The van der Waals surface area contributed by atoms with Crippen molar-refractivity contribution in [1.29, 1.82) is 0 Å². The maximum atomic E-state index is 12.4. The van der Waals surface area contributed by atoms with Crippen molar-refractivity contribution in [3.63, 3.8) is 0 Å². The predicted molar refractivity (Wildman–Crippen MR) is 111 cm³/mol. The van der Waals surface area contributed by atoms with E-state index in [1.807, 2.05) is 31.2 Å². The summed E-state index contributed by atoms with van der Waals surface area (Å²) in [5.74, 6) is 0.699. The predicted octanol–water partition coefficient (Wildman–Crippen LogP) is 4.26. The van der Waals surface area contributed by atoms with E-state index in [0.29, 0.717) is 29.2 Å². The third kappa shape index (κ3) is 5.32. The van der Waals surface area contributed by atoms with Gasteiger partial charge in [-0.15, -0.1) is 0 Å². The Kier molecular flexibility index (Phi) is 6.42. The van der Waals surface area contributed by atoms with Gasteiger partial charge in [0.1, 0.15) is 11.6 Å². The molecule has 2 N–H and O–H groups in total. The molecule has 3 aromatic rings. The molecule has 0 atom stereocenters. The first-order chi connectivity index (χ1) is 14.1. The summed E-state index contributed by atoms with van der Waals surface area (Å²) in [6, 6.07) is 17.4. The second-order valence-electron chi connectivity index (χ2n) is 6.04. The third-order valence-electron chi connectivity index (χ3n) is 4.03. The summed E-state index contributed by atoms with van der Waals surface area (Å²) in [7, 11) is 1.32. The number of esters is 1. The Morgan fingerprint density at radius 1 is 0.897 bits per heavy atom. The number of ether oxygens (including phenoxy) is 2. The number of rotatable bonds is 7. The molecular weight excluding hydrogens is 370 g/mol. The molecule has 0 aliphatic carbocycles. The molecule has 1 amide bonds. The van der Waals surface area contributed by atoms with Gasteiger partial charge in [0.15, 0.2) is 0 Å². The Balaban J connectivity index is 1.60. The number of carbonyl (C=O) groups excluding carboxylic acids is 2. The van der Waals surface area contributed by atoms with E-state index in [1.54, 1.807) is 36.4 Å². The van der Waals surface area contributed by atoms with Crippen LogP contribution >= 0.6 is 0 Å². The van der Waals surface area contributed by atoms with Crippen molar-refractivity contribution in [2.24, 2.45) is 0 Å². The lowest BCUT2D eigenvalue weighted by Crippen LogP contribution is -2.12. The van der Waals surface area contributed by atoms with Crippen molar-refractivity contribution in [1.82, 2.24) is 4.98 Å². The van der Waals surface area contributed by atoms with Crippen LogP contribution < -0.4 is 15.4 Å². The number of aromatic nitrogens is 1. The molecule has 3 rings (SSSR count). The van der Waals surface area contributed by atoms with Gasteiger partial charge in [0.05, 0.1) is 24.8 Å². The Hall–Kier alpha value is -3.87. The molecule has 148 valence electrons. The SMILES string of the molecule is CCOc1ccc(Nc2ccc(C(=O)Nc3ccc(C(=O)OC)cc3)cn2)cc1. The van der Waals surface area contributed by atoms with Crippen LogP contribution in [0.15, 0.2) is 66.9 Å². The molecule has 2 aromatic carbocycles. The minimum atomic E-state index is -0.428. The van der Waals surface area contributed by atoms with Crippen LogP contribution in [0.4, 0.5) is 17.2 Å². The number of nitrogens with zero attached hydrogens (tertiary/aromatic N) is 1. The Bertz CT molecular complexity index is 968. The first-order valence-electron chi connectivity index (χ1n) is 9.04. The Morgan fingerprint density at radius 2 is 1.55 bits per heavy atom. The second kappa shape index (κ2) is 9.36. The van der Waals surface area contributed by atoms with Crippen LogP contribution in [0.5, 0.6) is 5.75 Å². The number of methoxy groups -OCH3 is 1. The van der Waals surface area contributed by atoms with Crippen LogP contribution in [-0.2, 0) is 4.74 Å². The normalized spacial score (nSPS) is 10.1. The van der Waals surface area contributed by atoms with Gasteiger partial charge in [-0.25, -0.2) is 9.78 Å². The van der Waals surface area contributed by atoms with Gasteiger partial charge >= 0.3 is 5.97 Å². The molecule has 7 nitrogen and oxygen atoms in total. The molecule has 0 unspecified atom stereocenters. The van der Waals surface area contributed by atoms with Gasteiger partial charge in [0, 0.05) is 17.6 Å². The molecule has 7 heteroatoms. The van der Waals surface area contributed by atoms with Crippen molar-refractivity contribution < 1.29 is 19.1 Å². The minimum absolute atomic E-state index is 0.295. The number of pyridine rings is 1. The van der Waals surface area contributed by atoms with Gasteiger partial charge in [-0.2, -0.15) is 0 Å². The lowest BCUT2D eigenvalue weighted by Gasteiger charge is -2.09. The summed E-state index contributed by atoms with van der Waals surface area (Å²) in [4.78, 5) is 28.1. The Morgan fingerprint density at radius 3 is 2.14 bits per heavy atom. The van der Waals surface area contributed by atoms with E-state index in [0.717, 1.165) is 11.4 Å². The number of hydrogen-bond acceptors (Lipinski definition) is 6. The van der Waals surface area contributed by atoms with Crippen LogP contribution in [-0.4, -0.2) is 30.6 Å². The molecule has 0 spiro atoms. The molecule has 1 heterocycles. The number of anilines is 3.